The highest BCUT2D eigenvalue weighted by Gasteiger charge is 2.39. The minimum Gasteiger partial charge on any atom is -0.481 e. The Balaban J connectivity index is 1.45. The first-order valence-electron chi connectivity index (χ1n) is 12.6. The normalized spacial score (nSPS) is 21.1. The molecule has 2 amide bonds. The summed E-state index contributed by atoms with van der Waals surface area (Å²) in [6, 6.07) is 14.5. The van der Waals surface area contributed by atoms with Crippen LogP contribution in [-0.2, 0) is 20.7 Å². The van der Waals surface area contributed by atoms with Crippen molar-refractivity contribution < 1.29 is 19.1 Å². The number of hydrogen-bond donors (Lipinski definition) is 0. The number of carbonyl (C=O) groups excluding carboxylic acids is 2. The highest BCUT2D eigenvalue weighted by Crippen LogP contribution is 2.41. The van der Waals surface area contributed by atoms with Crippen LogP contribution in [-0.4, -0.2) is 60.6 Å². The van der Waals surface area contributed by atoms with Crippen molar-refractivity contribution in [1.82, 2.24) is 9.80 Å². The predicted octanol–water partition coefficient (Wildman–Crippen LogP) is 3.90. The number of carbonyl (C=O) groups is 2. The van der Waals surface area contributed by atoms with Crippen LogP contribution >= 0.6 is 0 Å². The third-order valence-corrected chi connectivity index (χ3v) is 7.16. The molecule has 1 saturated carbocycles. The molecule has 1 aliphatic carbocycles. The van der Waals surface area contributed by atoms with E-state index in [0.29, 0.717) is 38.5 Å². The van der Waals surface area contributed by atoms with Gasteiger partial charge in [-0.05, 0) is 61.4 Å². The number of fused-ring (bicyclic) bond motifs is 1. The smallest absolute Gasteiger partial charge is 0.263 e. The summed E-state index contributed by atoms with van der Waals surface area (Å²) in [7, 11) is 0. The molecule has 0 N–H and O–H groups in total. The van der Waals surface area contributed by atoms with Crippen LogP contribution < -0.4 is 4.74 Å². The van der Waals surface area contributed by atoms with Crippen molar-refractivity contribution in [2.45, 2.75) is 51.7 Å². The molecule has 6 nitrogen and oxygen atoms in total. The molecule has 2 heterocycles. The van der Waals surface area contributed by atoms with Crippen LogP contribution in [0.1, 0.15) is 54.5 Å². The van der Waals surface area contributed by atoms with E-state index in [9.17, 15) is 9.59 Å². The van der Waals surface area contributed by atoms with Gasteiger partial charge in [-0.2, -0.15) is 0 Å². The molecular formula is C28H34N2O4. The average molecular weight is 463 g/mol. The van der Waals surface area contributed by atoms with Crippen LogP contribution in [0.3, 0.4) is 0 Å². The summed E-state index contributed by atoms with van der Waals surface area (Å²) in [6.07, 6.45) is 2.89. The van der Waals surface area contributed by atoms with Crippen molar-refractivity contribution in [3.05, 3.63) is 64.7 Å². The van der Waals surface area contributed by atoms with Crippen LogP contribution in [0.15, 0.2) is 42.5 Å². The fourth-order valence-electron chi connectivity index (χ4n) is 5.13. The van der Waals surface area contributed by atoms with Crippen molar-refractivity contribution in [3.63, 3.8) is 0 Å². The molecule has 2 aliphatic heterocycles. The first kappa shape index (κ1) is 22.9. The Kier molecular flexibility index (Phi) is 6.59. The van der Waals surface area contributed by atoms with Gasteiger partial charge in [-0.15, -0.1) is 0 Å². The van der Waals surface area contributed by atoms with Gasteiger partial charge in [-0.3, -0.25) is 9.59 Å². The molecule has 2 aromatic rings. The van der Waals surface area contributed by atoms with Crippen molar-refractivity contribution >= 4 is 11.8 Å². The van der Waals surface area contributed by atoms with E-state index >= 15 is 0 Å². The molecule has 6 heteroatoms. The molecule has 2 fully saturated rings. The lowest BCUT2D eigenvalue weighted by molar-refractivity contribution is -0.143. The van der Waals surface area contributed by atoms with Crippen LogP contribution in [0.25, 0.3) is 0 Å². The standard InChI is InChI=1S/C28H34N2O4/c1-3-25(28(32)29-13-15-33-16-14-29)34-23-10-9-20-11-12-30(27(31)21-7-8-21)26(24(20)18-23)22-6-4-5-19(2)17-22/h4-6,9-10,17-18,21,25-26H,3,7-8,11-16H2,1-2H3/t25-,26-/m0/s1. The minimum atomic E-state index is -0.527. The molecule has 34 heavy (non-hydrogen) atoms. The molecule has 2 aromatic carbocycles. The maximum absolute atomic E-state index is 13.2. The van der Waals surface area contributed by atoms with E-state index in [1.54, 1.807) is 0 Å². The Hall–Kier alpha value is -2.86. The number of ether oxygens (including phenoxy) is 2. The Morgan fingerprint density at radius 3 is 2.59 bits per heavy atom. The van der Waals surface area contributed by atoms with Gasteiger partial charge in [0.05, 0.1) is 19.3 Å². The number of aryl methyl sites for hydroxylation is 1. The lowest BCUT2D eigenvalue weighted by Gasteiger charge is -2.38. The van der Waals surface area contributed by atoms with Gasteiger partial charge >= 0.3 is 0 Å². The molecule has 2 atom stereocenters. The quantitative estimate of drug-likeness (QED) is 0.654. The highest BCUT2D eigenvalue weighted by molar-refractivity contribution is 5.83. The number of nitrogens with zero attached hydrogens (tertiary/aromatic N) is 2. The molecule has 1 saturated heterocycles. The van der Waals surface area contributed by atoms with E-state index in [-0.39, 0.29) is 23.8 Å². The van der Waals surface area contributed by atoms with Crippen LogP contribution in [0.5, 0.6) is 5.75 Å². The van der Waals surface area contributed by atoms with Crippen LogP contribution in [0.4, 0.5) is 0 Å². The summed E-state index contributed by atoms with van der Waals surface area (Å²) < 4.78 is 11.7. The van der Waals surface area contributed by atoms with Crippen LogP contribution in [0.2, 0.25) is 0 Å². The third-order valence-electron chi connectivity index (χ3n) is 7.16. The van der Waals surface area contributed by atoms with Gasteiger partial charge in [0.2, 0.25) is 5.91 Å². The third kappa shape index (κ3) is 4.69. The molecule has 0 radical (unpaired) electrons. The van der Waals surface area contributed by atoms with E-state index < -0.39 is 6.10 Å². The molecule has 0 spiro atoms. The Bertz CT molecular complexity index is 1060. The van der Waals surface area contributed by atoms with Gasteiger partial charge in [-0.1, -0.05) is 42.8 Å². The molecular weight excluding hydrogens is 428 g/mol. The second kappa shape index (κ2) is 9.79. The summed E-state index contributed by atoms with van der Waals surface area (Å²) in [5.74, 6) is 1.14. The number of benzene rings is 2. The molecule has 0 aromatic heterocycles. The van der Waals surface area contributed by atoms with Crippen LogP contribution in [0, 0.1) is 12.8 Å². The maximum Gasteiger partial charge on any atom is 0.263 e. The second-order valence-electron chi connectivity index (χ2n) is 9.69. The zero-order chi connectivity index (χ0) is 23.7. The van der Waals surface area contributed by atoms with Crippen molar-refractivity contribution in [3.8, 4) is 5.75 Å². The lowest BCUT2D eigenvalue weighted by Crippen LogP contribution is -2.47. The Labute approximate surface area is 201 Å². The van der Waals surface area contributed by atoms with Gasteiger partial charge < -0.3 is 19.3 Å². The van der Waals surface area contributed by atoms with Gasteiger partial charge in [0, 0.05) is 25.6 Å². The summed E-state index contributed by atoms with van der Waals surface area (Å²) >= 11 is 0. The summed E-state index contributed by atoms with van der Waals surface area (Å²) in [6.45, 7) is 7.16. The van der Waals surface area contributed by atoms with Gasteiger partial charge in [0.15, 0.2) is 6.10 Å². The van der Waals surface area contributed by atoms with Gasteiger partial charge in [0.25, 0.3) is 5.91 Å². The molecule has 180 valence electrons. The second-order valence-corrected chi connectivity index (χ2v) is 9.69. The van der Waals surface area contributed by atoms with E-state index in [1.165, 1.54) is 11.1 Å². The first-order chi connectivity index (χ1) is 16.5. The SMILES string of the molecule is CC[C@H](Oc1ccc2c(c1)[C@H](c1cccc(C)c1)N(C(=O)C1CC1)CC2)C(=O)N1CCOCC1. The summed E-state index contributed by atoms with van der Waals surface area (Å²) in [4.78, 5) is 30.2. The van der Waals surface area contributed by atoms with E-state index in [2.05, 4.69) is 48.2 Å². The molecule has 5 rings (SSSR count). The largest absolute Gasteiger partial charge is 0.481 e. The average Bonchev–Trinajstić information content (AvgIpc) is 3.72. The van der Waals surface area contributed by atoms with E-state index in [1.807, 2.05) is 17.9 Å². The molecule has 3 aliphatic rings. The highest BCUT2D eigenvalue weighted by atomic mass is 16.5. The zero-order valence-electron chi connectivity index (χ0n) is 20.2. The van der Waals surface area contributed by atoms with E-state index in [0.717, 1.165) is 36.9 Å². The van der Waals surface area contributed by atoms with Crippen molar-refractivity contribution in [2.75, 3.05) is 32.8 Å². The monoisotopic (exact) mass is 462 g/mol. The van der Waals surface area contributed by atoms with Crippen molar-refractivity contribution in [1.29, 1.82) is 0 Å². The Morgan fingerprint density at radius 2 is 1.88 bits per heavy atom. The number of rotatable bonds is 6. The topological polar surface area (TPSA) is 59.1 Å². The first-order valence-corrected chi connectivity index (χ1v) is 12.6. The lowest BCUT2D eigenvalue weighted by atomic mass is 9.87. The zero-order valence-corrected chi connectivity index (χ0v) is 20.2. The van der Waals surface area contributed by atoms with Crippen molar-refractivity contribution in [2.24, 2.45) is 5.92 Å². The van der Waals surface area contributed by atoms with Gasteiger partial charge in [-0.25, -0.2) is 0 Å². The fraction of sp³-hybridized carbons (Fsp3) is 0.500. The fourth-order valence-corrected chi connectivity index (χ4v) is 5.13. The number of morpholine rings is 1. The Morgan fingerprint density at radius 1 is 1.09 bits per heavy atom. The van der Waals surface area contributed by atoms with E-state index in [4.69, 9.17) is 9.47 Å². The molecule has 0 unspecified atom stereocenters. The minimum absolute atomic E-state index is 0.0179. The summed E-state index contributed by atoms with van der Waals surface area (Å²) in [5, 5.41) is 0. The molecule has 0 bridgehead atoms. The number of hydrogen-bond acceptors (Lipinski definition) is 4. The number of amides is 2. The predicted molar refractivity (Wildman–Crippen MR) is 130 cm³/mol. The van der Waals surface area contributed by atoms with Gasteiger partial charge in [0.1, 0.15) is 5.75 Å². The maximum atomic E-state index is 13.2. The summed E-state index contributed by atoms with van der Waals surface area (Å²) in [5.41, 5.74) is 4.66.